The number of primary amides is 1. The largest absolute Gasteiger partial charge is 0.369 e. The van der Waals surface area contributed by atoms with Crippen LogP contribution in [0.4, 0.5) is 0 Å². The van der Waals surface area contributed by atoms with Crippen LogP contribution in [-0.2, 0) is 4.79 Å². The fourth-order valence-electron chi connectivity index (χ4n) is 1.10. The summed E-state index contributed by atoms with van der Waals surface area (Å²) < 4.78 is 0. The topological polar surface area (TPSA) is 69.1 Å². The molecule has 60 valence electrons. The van der Waals surface area contributed by atoms with Crippen molar-refractivity contribution in [2.45, 2.75) is 6.42 Å². The highest BCUT2D eigenvalue weighted by Gasteiger charge is 2.31. The Kier molecular flexibility index (Phi) is 2.10. The van der Waals surface area contributed by atoms with Crippen molar-refractivity contribution in [2.75, 3.05) is 6.54 Å². The van der Waals surface area contributed by atoms with E-state index in [9.17, 15) is 4.79 Å². The van der Waals surface area contributed by atoms with E-state index in [1.807, 2.05) is 12.2 Å². The van der Waals surface area contributed by atoms with Gasteiger partial charge in [-0.25, -0.2) is 0 Å². The molecule has 3 heteroatoms. The number of hydrogen-bond donors (Lipinski definition) is 2. The third-order valence-electron chi connectivity index (χ3n) is 2.00. The minimum absolute atomic E-state index is 0.281. The normalized spacial score (nSPS) is 28.8. The standard InChI is InChI=1S/C8H12N2O/c9-6-8(7(10)11)4-2-1-3-5-8/h1-4H,5-6,9H2,(H2,10,11)/t8-/m0/s1. The molecule has 0 aromatic heterocycles. The lowest BCUT2D eigenvalue weighted by atomic mass is 9.81. The number of amides is 1. The molecule has 1 atom stereocenters. The molecule has 1 rings (SSSR count). The summed E-state index contributed by atoms with van der Waals surface area (Å²) >= 11 is 0. The van der Waals surface area contributed by atoms with Gasteiger partial charge >= 0.3 is 0 Å². The lowest BCUT2D eigenvalue weighted by Gasteiger charge is -2.25. The number of allylic oxidation sites excluding steroid dienone is 3. The Hall–Kier alpha value is -1.09. The van der Waals surface area contributed by atoms with Gasteiger partial charge in [-0.05, 0) is 6.42 Å². The summed E-state index contributed by atoms with van der Waals surface area (Å²) in [6.45, 7) is 0.281. The number of rotatable bonds is 2. The van der Waals surface area contributed by atoms with Crippen LogP contribution in [0.5, 0.6) is 0 Å². The Morgan fingerprint density at radius 2 is 2.27 bits per heavy atom. The van der Waals surface area contributed by atoms with E-state index in [1.54, 1.807) is 12.2 Å². The first-order valence-corrected chi connectivity index (χ1v) is 3.56. The first-order valence-electron chi connectivity index (χ1n) is 3.56. The molecular weight excluding hydrogens is 140 g/mol. The van der Waals surface area contributed by atoms with Crippen LogP contribution in [0, 0.1) is 5.41 Å². The summed E-state index contributed by atoms with van der Waals surface area (Å²) in [5.74, 6) is -0.347. The van der Waals surface area contributed by atoms with Gasteiger partial charge in [-0.15, -0.1) is 0 Å². The second kappa shape index (κ2) is 2.88. The van der Waals surface area contributed by atoms with Crippen LogP contribution in [0.25, 0.3) is 0 Å². The first kappa shape index (κ1) is 8.01. The molecule has 1 aliphatic carbocycles. The zero-order valence-corrected chi connectivity index (χ0v) is 6.29. The van der Waals surface area contributed by atoms with Gasteiger partial charge in [0.1, 0.15) is 0 Å². The predicted octanol–water partition coefficient (Wildman–Crippen LogP) is -0.0671. The van der Waals surface area contributed by atoms with Gasteiger partial charge in [0.25, 0.3) is 0 Å². The second-order valence-electron chi connectivity index (χ2n) is 2.72. The maximum atomic E-state index is 11.0. The monoisotopic (exact) mass is 152 g/mol. The molecule has 1 amide bonds. The SMILES string of the molecule is NC[C@]1(C(N)=O)C=CC=CC1. The van der Waals surface area contributed by atoms with Gasteiger partial charge in [0.2, 0.25) is 5.91 Å². The third kappa shape index (κ3) is 1.33. The van der Waals surface area contributed by atoms with Crippen LogP contribution < -0.4 is 11.5 Å². The van der Waals surface area contributed by atoms with Crippen LogP contribution in [-0.4, -0.2) is 12.5 Å². The average molecular weight is 152 g/mol. The van der Waals surface area contributed by atoms with Crippen LogP contribution in [0.15, 0.2) is 24.3 Å². The number of hydrogen-bond acceptors (Lipinski definition) is 2. The molecule has 0 radical (unpaired) electrons. The van der Waals surface area contributed by atoms with Gasteiger partial charge in [0.15, 0.2) is 0 Å². The highest BCUT2D eigenvalue weighted by atomic mass is 16.1. The van der Waals surface area contributed by atoms with Crippen LogP contribution in [0.1, 0.15) is 6.42 Å². The lowest BCUT2D eigenvalue weighted by molar-refractivity contribution is -0.124. The van der Waals surface area contributed by atoms with Crippen molar-refractivity contribution < 1.29 is 4.79 Å². The van der Waals surface area contributed by atoms with Crippen LogP contribution >= 0.6 is 0 Å². The molecule has 0 fully saturated rings. The quantitative estimate of drug-likeness (QED) is 0.581. The maximum absolute atomic E-state index is 11.0. The van der Waals surface area contributed by atoms with Crippen molar-refractivity contribution in [1.29, 1.82) is 0 Å². The average Bonchev–Trinajstić information content (AvgIpc) is 2.05. The molecule has 3 nitrogen and oxygen atoms in total. The van der Waals surface area contributed by atoms with E-state index < -0.39 is 5.41 Å². The van der Waals surface area contributed by atoms with Crippen molar-refractivity contribution in [2.24, 2.45) is 16.9 Å². The van der Waals surface area contributed by atoms with Gasteiger partial charge in [-0.1, -0.05) is 24.3 Å². The van der Waals surface area contributed by atoms with Crippen molar-refractivity contribution in [3.05, 3.63) is 24.3 Å². The Bertz CT molecular complexity index is 220. The molecule has 0 spiro atoms. The molecule has 0 aromatic carbocycles. The minimum Gasteiger partial charge on any atom is -0.369 e. The lowest BCUT2D eigenvalue weighted by Crippen LogP contribution is -2.41. The maximum Gasteiger partial charge on any atom is 0.229 e. The third-order valence-corrected chi connectivity index (χ3v) is 2.00. The zero-order valence-electron chi connectivity index (χ0n) is 6.29. The Morgan fingerprint density at radius 3 is 2.55 bits per heavy atom. The Morgan fingerprint density at radius 1 is 1.55 bits per heavy atom. The van der Waals surface area contributed by atoms with E-state index in [0.717, 1.165) is 0 Å². The summed E-state index contributed by atoms with van der Waals surface area (Å²) in [5.41, 5.74) is 10.0. The summed E-state index contributed by atoms with van der Waals surface area (Å²) in [4.78, 5) is 11.0. The van der Waals surface area contributed by atoms with Crippen LogP contribution in [0.3, 0.4) is 0 Å². The van der Waals surface area contributed by atoms with E-state index in [0.29, 0.717) is 6.42 Å². The van der Waals surface area contributed by atoms with Gasteiger partial charge in [-0.3, -0.25) is 4.79 Å². The molecule has 0 unspecified atom stereocenters. The Balaban J connectivity index is 2.85. The van der Waals surface area contributed by atoms with Gasteiger partial charge < -0.3 is 11.5 Å². The summed E-state index contributed by atoms with van der Waals surface area (Å²) in [7, 11) is 0. The highest BCUT2D eigenvalue weighted by Crippen LogP contribution is 2.25. The van der Waals surface area contributed by atoms with Gasteiger partial charge in [0.05, 0.1) is 5.41 Å². The summed E-state index contributed by atoms with van der Waals surface area (Å²) in [5, 5.41) is 0. The van der Waals surface area contributed by atoms with E-state index in [-0.39, 0.29) is 12.5 Å². The molecule has 1 aliphatic rings. The highest BCUT2D eigenvalue weighted by molar-refractivity contribution is 5.83. The number of carbonyl (C=O) groups is 1. The van der Waals surface area contributed by atoms with Gasteiger partial charge in [0, 0.05) is 6.54 Å². The fourth-order valence-corrected chi connectivity index (χ4v) is 1.10. The van der Waals surface area contributed by atoms with E-state index in [1.165, 1.54) is 0 Å². The molecular formula is C8H12N2O. The predicted molar refractivity (Wildman–Crippen MR) is 43.6 cm³/mol. The molecule has 4 N–H and O–H groups in total. The minimum atomic E-state index is -0.630. The van der Waals surface area contributed by atoms with E-state index in [2.05, 4.69) is 0 Å². The van der Waals surface area contributed by atoms with Gasteiger partial charge in [-0.2, -0.15) is 0 Å². The van der Waals surface area contributed by atoms with Crippen molar-refractivity contribution in [3.63, 3.8) is 0 Å². The number of carbonyl (C=O) groups excluding carboxylic acids is 1. The Labute approximate surface area is 65.8 Å². The van der Waals surface area contributed by atoms with Crippen LogP contribution in [0.2, 0.25) is 0 Å². The molecule has 0 saturated carbocycles. The molecule has 0 aliphatic heterocycles. The second-order valence-corrected chi connectivity index (χ2v) is 2.72. The zero-order chi connectivity index (χ0) is 8.32. The van der Waals surface area contributed by atoms with Crippen molar-refractivity contribution >= 4 is 5.91 Å². The first-order chi connectivity index (χ1) is 5.21. The van der Waals surface area contributed by atoms with Crippen molar-refractivity contribution in [3.8, 4) is 0 Å². The summed E-state index contributed by atoms with van der Waals surface area (Å²) in [6.07, 6.45) is 7.99. The molecule has 11 heavy (non-hydrogen) atoms. The fraction of sp³-hybridized carbons (Fsp3) is 0.375. The summed E-state index contributed by atoms with van der Waals surface area (Å²) in [6, 6.07) is 0. The number of nitrogens with two attached hydrogens (primary N) is 2. The smallest absolute Gasteiger partial charge is 0.229 e. The molecule has 0 bridgehead atoms. The molecule has 0 aromatic rings. The van der Waals surface area contributed by atoms with Crippen molar-refractivity contribution in [1.82, 2.24) is 0 Å². The molecule has 0 saturated heterocycles. The van der Waals surface area contributed by atoms with E-state index in [4.69, 9.17) is 11.5 Å². The van der Waals surface area contributed by atoms with E-state index >= 15 is 0 Å². The molecule has 0 heterocycles.